The summed E-state index contributed by atoms with van der Waals surface area (Å²) < 4.78 is 76.5. The molecule has 6 aliphatic rings. The third-order valence-electron chi connectivity index (χ3n) is 24.5. The first-order valence-electron chi connectivity index (χ1n) is 38.5. The predicted molar refractivity (Wildman–Crippen MR) is 389 cm³/mol. The van der Waals surface area contributed by atoms with Crippen molar-refractivity contribution in [3.8, 4) is 0 Å². The Balaban J connectivity index is 1.31. The van der Waals surface area contributed by atoms with Crippen molar-refractivity contribution in [1.82, 2.24) is 9.80 Å². The van der Waals surface area contributed by atoms with E-state index in [9.17, 15) is 65.4 Å². The minimum Gasteiger partial charge on any atom is -0.459 e. The predicted octanol–water partition coefficient (Wildman–Crippen LogP) is 4.31. The van der Waals surface area contributed by atoms with Crippen LogP contribution in [-0.4, -0.2) is 301 Å². The van der Waals surface area contributed by atoms with E-state index in [4.69, 9.17) is 61.7 Å². The van der Waals surface area contributed by atoms with E-state index in [0.717, 1.165) is 0 Å². The molecule has 6 saturated heterocycles. The molecule has 0 bridgehead atoms. The minimum absolute atomic E-state index is 0.00400. The first kappa shape index (κ1) is 91.8. The molecule has 0 amide bonds. The Hall–Kier alpha value is -3.06. The fourth-order valence-corrected chi connectivity index (χ4v) is 17.5. The van der Waals surface area contributed by atoms with Gasteiger partial charge in [0.05, 0.1) is 101 Å². The molecule has 29 nitrogen and oxygen atoms in total. The van der Waals surface area contributed by atoms with Crippen molar-refractivity contribution in [1.29, 1.82) is 0 Å². The minimum atomic E-state index is -2.10. The fourth-order valence-electron chi connectivity index (χ4n) is 17.5. The number of esters is 2. The highest BCUT2D eigenvalue weighted by Crippen LogP contribution is 2.45. The van der Waals surface area contributed by atoms with Gasteiger partial charge >= 0.3 is 11.9 Å². The number of rotatable bonds is 19. The molecule has 16 unspecified atom stereocenters. The van der Waals surface area contributed by atoms with Crippen LogP contribution in [0.2, 0.25) is 0 Å². The topological polar surface area (TPSA) is 392 Å². The maximum Gasteiger partial charge on any atom is 0.311 e. The number of nitrogens with zero attached hydrogens (tertiary/aromatic N) is 3. The van der Waals surface area contributed by atoms with Gasteiger partial charge in [-0.2, -0.15) is 0 Å². The Morgan fingerprint density at radius 1 is 0.509 bits per heavy atom. The standard InChI is InChI=1S/C77H137N3O26/c1-26-52-76(19,92)62(84)42(7)56(38(3)34-72(15,90)66(105-70-58(82)50(79(21)22)32-40(5)97-70)44(9)60(46(11)68(88)101-52)103-54-36-74(17,94-24)64(86)48(13)99-54)78-96-31-29-28-30-80(23)51-33-41(6)98-71(59(51)83)106-67-45(10)61(104-55-37-75(18,95-25)65(87)49(14)100-55)47(12)69(89)102-53(27-2)77(20,93)63(85)43(8)57(81)39(4)35-73(67,16)91/h28-29,38-55,58-67,70-71,82-87,90-93H,26-27,30-37H2,1-25H3/b29-28+,78-56-/t38-,39-,40?,41?,42+,43+,44+,45+,46-,47-,48?,49?,50?,51?,52-,53-,54?,55?,58?,59?,60+,61+,62-,63-,64?,65?,66-,67-,70?,71?,72-,73-,74?,75?,76-,77-/m1/s1. The van der Waals surface area contributed by atoms with Crippen LogP contribution in [0.3, 0.4) is 0 Å². The molecule has 36 atom stereocenters. The Morgan fingerprint density at radius 2 is 0.906 bits per heavy atom. The molecule has 6 rings (SSSR count). The fraction of sp³-hybridized carbons (Fsp3) is 0.922. The van der Waals surface area contributed by atoms with Crippen LogP contribution >= 0.6 is 0 Å². The molecule has 0 aromatic rings. The first-order valence-corrected chi connectivity index (χ1v) is 38.5. The molecule has 0 radical (unpaired) electrons. The molecule has 616 valence electrons. The number of hydrogen-bond donors (Lipinski definition) is 10. The van der Waals surface area contributed by atoms with E-state index < -0.39 is 227 Å². The summed E-state index contributed by atoms with van der Waals surface area (Å²) in [4.78, 5) is 53.5. The number of aliphatic hydroxyl groups is 10. The van der Waals surface area contributed by atoms with Crippen LogP contribution in [0.25, 0.3) is 0 Å². The molecule has 6 fully saturated rings. The number of methoxy groups -OCH3 is 2. The largest absolute Gasteiger partial charge is 0.459 e. The first-order chi connectivity index (χ1) is 49.0. The summed E-state index contributed by atoms with van der Waals surface area (Å²) in [5.41, 5.74) is -10.1. The van der Waals surface area contributed by atoms with Crippen molar-refractivity contribution in [3.05, 3.63) is 12.2 Å². The number of carbonyl (C=O) groups is 3. The van der Waals surface area contributed by atoms with E-state index in [-0.39, 0.29) is 63.5 Å². The third-order valence-corrected chi connectivity index (χ3v) is 24.5. The van der Waals surface area contributed by atoms with Crippen LogP contribution in [0.5, 0.6) is 0 Å². The van der Waals surface area contributed by atoms with E-state index in [1.165, 1.54) is 41.9 Å². The van der Waals surface area contributed by atoms with Gasteiger partial charge in [0, 0.05) is 81.2 Å². The number of carbonyl (C=O) groups excluding carboxylic acids is 3. The Labute approximate surface area is 629 Å². The lowest BCUT2D eigenvalue weighted by Gasteiger charge is -2.49. The summed E-state index contributed by atoms with van der Waals surface area (Å²) in [5, 5.41) is 126. The van der Waals surface area contributed by atoms with Crippen molar-refractivity contribution in [2.75, 3.05) is 48.5 Å². The quantitative estimate of drug-likeness (QED) is 0.0373. The van der Waals surface area contributed by atoms with Crippen LogP contribution in [0, 0.1) is 47.3 Å². The van der Waals surface area contributed by atoms with Crippen LogP contribution < -0.4 is 0 Å². The Bertz CT molecular complexity index is 2870. The maximum absolute atomic E-state index is 14.8. The SMILES string of the molecule is CC[C@H]1OC(=O)[C@H](C)[C@@H](OC2CC(C)(OC)C(O)C(C)O2)[C@H](C)[C@@H](OC2OC(C)CC(N(C)C/C=C/CO/N=C3/[C@H](C)C[C@@](C)(O)[C@H](OC4OC(C)CC(N(C)C)C4O)[C@@H](C)[C@H](OC4CC(C)(OC)C(O)C(C)O4)[C@@H](C)C(=O)O[C@H](CC)[C@@](C)(O)[C@H](O)[C@H]3C)C2O)[C@](C)(O)C[C@@H](C)C(=O)[C@H](C)[C@@H](O)[C@]1(C)O. The molecule has 10 N–H and O–H groups in total. The van der Waals surface area contributed by atoms with E-state index in [1.807, 2.05) is 37.7 Å². The highest BCUT2D eigenvalue weighted by molar-refractivity contribution is 5.89. The highest BCUT2D eigenvalue weighted by atomic mass is 16.7. The van der Waals surface area contributed by atoms with Gasteiger partial charge in [0.1, 0.15) is 60.2 Å². The average molecular weight is 1520 g/mol. The molecule has 6 aliphatic heterocycles. The van der Waals surface area contributed by atoms with E-state index in [0.29, 0.717) is 12.8 Å². The van der Waals surface area contributed by atoms with Crippen LogP contribution in [-0.2, 0) is 76.1 Å². The second-order valence-corrected chi connectivity index (χ2v) is 33.8. The average Bonchev–Trinajstić information content (AvgIpc) is 0.776. The molecule has 0 aromatic heterocycles. The smallest absolute Gasteiger partial charge is 0.311 e. The molecule has 29 heteroatoms. The number of oxime groups is 1. The van der Waals surface area contributed by atoms with Gasteiger partial charge in [-0.05, 0) is 149 Å². The molecule has 0 aliphatic carbocycles. The maximum atomic E-state index is 14.8. The van der Waals surface area contributed by atoms with Gasteiger partial charge in [-0.25, -0.2) is 0 Å². The van der Waals surface area contributed by atoms with Gasteiger partial charge in [0.25, 0.3) is 0 Å². The number of ketones is 1. The van der Waals surface area contributed by atoms with Gasteiger partial charge in [-0.15, -0.1) is 0 Å². The summed E-state index contributed by atoms with van der Waals surface area (Å²) in [6, 6.07) is -1.05. The Kier molecular flexibility index (Phi) is 32.3. The number of cyclic esters (lactones) is 2. The van der Waals surface area contributed by atoms with Crippen molar-refractivity contribution in [3.63, 3.8) is 0 Å². The van der Waals surface area contributed by atoms with Crippen molar-refractivity contribution in [2.24, 2.45) is 52.5 Å². The molecule has 0 spiro atoms. The monoisotopic (exact) mass is 1520 g/mol. The summed E-state index contributed by atoms with van der Waals surface area (Å²) in [6.45, 7) is 32.8. The van der Waals surface area contributed by atoms with E-state index >= 15 is 0 Å². The number of hydrogen-bond acceptors (Lipinski definition) is 29. The van der Waals surface area contributed by atoms with Crippen LogP contribution in [0.15, 0.2) is 17.3 Å². The summed E-state index contributed by atoms with van der Waals surface area (Å²) in [7, 11) is 8.40. The van der Waals surface area contributed by atoms with Crippen molar-refractivity contribution in [2.45, 2.75) is 358 Å². The number of Topliss-reactive ketones (excluding diaryl/α,β-unsaturated/α-hetero) is 1. The third kappa shape index (κ3) is 20.8. The second-order valence-electron chi connectivity index (χ2n) is 33.8. The Morgan fingerprint density at radius 3 is 1.31 bits per heavy atom. The van der Waals surface area contributed by atoms with Crippen molar-refractivity contribution < 1.29 is 127 Å². The van der Waals surface area contributed by atoms with E-state index in [2.05, 4.69) is 5.16 Å². The van der Waals surface area contributed by atoms with Gasteiger partial charge < -0.3 is 118 Å². The summed E-state index contributed by atoms with van der Waals surface area (Å²) >= 11 is 0. The normalized spacial score (nSPS) is 48.9. The summed E-state index contributed by atoms with van der Waals surface area (Å²) in [6.07, 6.45) is -19.0. The number of ether oxygens (including phenoxy) is 12. The zero-order valence-electron chi connectivity index (χ0n) is 67.9. The lowest BCUT2D eigenvalue weighted by atomic mass is 9.73. The van der Waals surface area contributed by atoms with Crippen LogP contribution in [0.1, 0.15) is 190 Å². The molecular formula is C77H137N3O26. The number of aliphatic hydroxyl groups excluding tert-OH is 6. The lowest BCUT2D eigenvalue weighted by molar-refractivity contribution is -0.318. The van der Waals surface area contributed by atoms with Gasteiger partial charge in [0.15, 0.2) is 25.2 Å². The lowest BCUT2D eigenvalue weighted by Crippen LogP contribution is -2.61. The second kappa shape index (κ2) is 37.3. The van der Waals surface area contributed by atoms with Gasteiger partial charge in [-0.3, -0.25) is 19.3 Å². The molecule has 0 aromatic carbocycles. The molecule has 6 heterocycles. The zero-order valence-corrected chi connectivity index (χ0v) is 67.9. The molecule has 0 saturated carbocycles. The van der Waals surface area contributed by atoms with Gasteiger partial charge in [-0.1, -0.05) is 66.6 Å². The highest BCUT2D eigenvalue weighted by Gasteiger charge is 2.57. The number of likely N-dealkylation sites (N-methyl/N-ethyl adjacent to an activating group) is 2. The van der Waals surface area contributed by atoms with Crippen molar-refractivity contribution >= 4 is 23.4 Å². The van der Waals surface area contributed by atoms with E-state index in [1.54, 1.807) is 116 Å². The summed E-state index contributed by atoms with van der Waals surface area (Å²) in [5.74, 6) is -10.3. The molecule has 106 heavy (non-hydrogen) atoms. The molecular weight excluding hydrogens is 1380 g/mol. The zero-order chi connectivity index (χ0) is 80.2. The van der Waals surface area contributed by atoms with Gasteiger partial charge in [0.2, 0.25) is 0 Å². The van der Waals surface area contributed by atoms with Crippen LogP contribution in [0.4, 0.5) is 0 Å².